The fourth-order valence-corrected chi connectivity index (χ4v) is 2.12. The summed E-state index contributed by atoms with van der Waals surface area (Å²) in [6.45, 7) is 1.99. The van der Waals surface area contributed by atoms with Gasteiger partial charge in [0, 0.05) is 24.4 Å². The van der Waals surface area contributed by atoms with E-state index in [2.05, 4.69) is 0 Å². The third-order valence-electron chi connectivity index (χ3n) is 3.24. The Labute approximate surface area is 119 Å². The molecule has 3 N–H and O–H groups in total. The van der Waals surface area contributed by atoms with E-state index in [9.17, 15) is 0 Å². The monoisotopic (exact) mass is 269 g/mol. The number of rotatable bonds is 4. The molecular formula is C16H19N3O. The standard InChI is InChI=1S/C16H19N3O/c1-11-7-8-15(14(9-11)16(17)18)19(2)12-5-4-6-13(10-12)20-3/h4-10H,1-3H3,(H3,17,18). The Morgan fingerprint density at radius 2 is 1.95 bits per heavy atom. The lowest BCUT2D eigenvalue weighted by molar-refractivity contribution is 0.415. The molecule has 0 aliphatic carbocycles. The molecule has 0 saturated heterocycles. The Bertz CT molecular complexity index is 637. The maximum atomic E-state index is 7.73. The number of nitrogen functional groups attached to an aromatic ring is 1. The summed E-state index contributed by atoms with van der Waals surface area (Å²) >= 11 is 0. The number of aryl methyl sites for hydroxylation is 1. The van der Waals surface area contributed by atoms with Crippen LogP contribution in [0.15, 0.2) is 42.5 Å². The third-order valence-corrected chi connectivity index (χ3v) is 3.24. The van der Waals surface area contributed by atoms with Crippen molar-refractivity contribution in [2.45, 2.75) is 6.92 Å². The quantitative estimate of drug-likeness (QED) is 0.662. The zero-order chi connectivity index (χ0) is 14.7. The van der Waals surface area contributed by atoms with Gasteiger partial charge in [0.2, 0.25) is 0 Å². The summed E-state index contributed by atoms with van der Waals surface area (Å²) in [6, 6.07) is 13.7. The first-order chi connectivity index (χ1) is 9.52. The summed E-state index contributed by atoms with van der Waals surface area (Å²) in [5, 5.41) is 7.73. The van der Waals surface area contributed by atoms with Gasteiger partial charge in [-0.2, -0.15) is 0 Å². The smallest absolute Gasteiger partial charge is 0.124 e. The number of hydrogen-bond acceptors (Lipinski definition) is 3. The number of nitrogens with zero attached hydrogens (tertiary/aromatic N) is 1. The molecule has 0 radical (unpaired) electrons. The van der Waals surface area contributed by atoms with Crippen LogP contribution in [0.25, 0.3) is 0 Å². The van der Waals surface area contributed by atoms with Gasteiger partial charge in [0.15, 0.2) is 0 Å². The number of anilines is 2. The summed E-state index contributed by atoms with van der Waals surface area (Å²) in [5.41, 5.74) is 9.38. The molecule has 0 fully saturated rings. The van der Waals surface area contributed by atoms with Crippen molar-refractivity contribution in [3.63, 3.8) is 0 Å². The van der Waals surface area contributed by atoms with E-state index in [0.717, 1.165) is 28.3 Å². The van der Waals surface area contributed by atoms with E-state index < -0.39 is 0 Å². The first-order valence-electron chi connectivity index (χ1n) is 6.35. The Kier molecular flexibility index (Phi) is 3.94. The minimum absolute atomic E-state index is 0.0680. The van der Waals surface area contributed by atoms with Crippen LogP contribution in [-0.4, -0.2) is 20.0 Å². The summed E-state index contributed by atoms with van der Waals surface area (Å²) < 4.78 is 5.24. The van der Waals surface area contributed by atoms with Crippen LogP contribution >= 0.6 is 0 Å². The fourth-order valence-electron chi connectivity index (χ4n) is 2.12. The van der Waals surface area contributed by atoms with E-state index in [0.29, 0.717) is 0 Å². The predicted molar refractivity (Wildman–Crippen MR) is 83.3 cm³/mol. The van der Waals surface area contributed by atoms with Crippen molar-refractivity contribution < 1.29 is 4.74 Å². The minimum atomic E-state index is 0.0680. The second-order valence-corrected chi connectivity index (χ2v) is 4.69. The van der Waals surface area contributed by atoms with Gasteiger partial charge in [-0.3, -0.25) is 5.41 Å². The van der Waals surface area contributed by atoms with Crippen molar-refractivity contribution >= 4 is 17.2 Å². The van der Waals surface area contributed by atoms with Crippen molar-refractivity contribution in [3.8, 4) is 5.75 Å². The fraction of sp³-hybridized carbons (Fsp3) is 0.188. The number of amidine groups is 1. The van der Waals surface area contributed by atoms with Crippen LogP contribution in [0.1, 0.15) is 11.1 Å². The summed E-state index contributed by atoms with van der Waals surface area (Å²) in [6.07, 6.45) is 0. The summed E-state index contributed by atoms with van der Waals surface area (Å²) in [5.74, 6) is 0.865. The van der Waals surface area contributed by atoms with Crippen LogP contribution in [0.5, 0.6) is 5.75 Å². The predicted octanol–water partition coefficient (Wildman–Crippen LogP) is 3.06. The zero-order valence-electron chi connectivity index (χ0n) is 12.0. The van der Waals surface area contributed by atoms with Gasteiger partial charge in [-0.1, -0.05) is 17.7 Å². The van der Waals surface area contributed by atoms with Crippen LogP contribution in [-0.2, 0) is 0 Å². The molecular weight excluding hydrogens is 250 g/mol. The lowest BCUT2D eigenvalue weighted by Gasteiger charge is -2.23. The molecule has 0 amide bonds. The van der Waals surface area contributed by atoms with Gasteiger partial charge >= 0.3 is 0 Å². The van der Waals surface area contributed by atoms with E-state index in [1.54, 1.807) is 7.11 Å². The third kappa shape index (κ3) is 2.74. The molecule has 104 valence electrons. The number of methoxy groups -OCH3 is 1. The number of nitrogens with one attached hydrogen (secondary N) is 1. The van der Waals surface area contributed by atoms with Gasteiger partial charge in [-0.05, 0) is 31.2 Å². The van der Waals surface area contributed by atoms with Gasteiger partial charge in [0.05, 0.1) is 12.8 Å². The molecule has 0 atom stereocenters. The van der Waals surface area contributed by atoms with Crippen molar-refractivity contribution in [1.82, 2.24) is 0 Å². The normalized spacial score (nSPS) is 10.2. The van der Waals surface area contributed by atoms with Crippen molar-refractivity contribution in [1.29, 1.82) is 5.41 Å². The average Bonchev–Trinajstić information content (AvgIpc) is 2.46. The number of nitrogens with two attached hydrogens (primary N) is 1. The van der Waals surface area contributed by atoms with E-state index in [1.807, 2.05) is 61.3 Å². The summed E-state index contributed by atoms with van der Waals surface area (Å²) in [7, 11) is 3.60. The lowest BCUT2D eigenvalue weighted by Crippen LogP contribution is -2.18. The second-order valence-electron chi connectivity index (χ2n) is 4.69. The number of hydrogen-bond donors (Lipinski definition) is 2. The van der Waals surface area contributed by atoms with E-state index in [1.165, 1.54) is 0 Å². The van der Waals surface area contributed by atoms with Gasteiger partial charge in [-0.25, -0.2) is 0 Å². The van der Waals surface area contributed by atoms with Gasteiger partial charge in [-0.15, -0.1) is 0 Å². The van der Waals surface area contributed by atoms with Crippen LogP contribution in [0.3, 0.4) is 0 Å². The van der Waals surface area contributed by atoms with Crippen LogP contribution < -0.4 is 15.4 Å². The van der Waals surface area contributed by atoms with Crippen LogP contribution in [0.4, 0.5) is 11.4 Å². The molecule has 2 aromatic carbocycles. The molecule has 0 bridgehead atoms. The average molecular weight is 269 g/mol. The first kappa shape index (κ1) is 13.9. The SMILES string of the molecule is COc1cccc(N(C)c2ccc(C)cc2C(=N)N)c1. The highest BCUT2D eigenvalue weighted by molar-refractivity contribution is 6.01. The Morgan fingerprint density at radius 3 is 2.60 bits per heavy atom. The van der Waals surface area contributed by atoms with Gasteiger partial charge in [0.1, 0.15) is 11.6 Å². The highest BCUT2D eigenvalue weighted by Gasteiger charge is 2.12. The topological polar surface area (TPSA) is 62.3 Å². The minimum Gasteiger partial charge on any atom is -0.497 e. The van der Waals surface area contributed by atoms with E-state index in [4.69, 9.17) is 15.9 Å². The molecule has 2 rings (SSSR count). The number of ether oxygens (including phenoxy) is 1. The van der Waals surface area contributed by atoms with E-state index >= 15 is 0 Å². The molecule has 4 nitrogen and oxygen atoms in total. The Balaban J connectivity index is 2.47. The summed E-state index contributed by atoms with van der Waals surface area (Å²) in [4.78, 5) is 2.00. The largest absolute Gasteiger partial charge is 0.497 e. The van der Waals surface area contributed by atoms with E-state index in [-0.39, 0.29) is 5.84 Å². The zero-order valence-corrected chi connectivity index (χ0v) is 12.0. The Morgan fingerprint density at radius 1 is 1.20 bits per heavy atom. The number of benzene rings is 2. The molecule has 0 unspecified atom stereocenters. The Hall–Kier alpha value is -2.49. The molecule has 0 aliphatic rings. The van der Waals surface area contributed by atoms with Crippen molar-refractivity contribution in [2.75, 3.05) is 19.1 Å². The van der Waals surface area contributed by atoms with Crippen LogP contribution in [0.2, 0.25) is 0 Å². The highest BCUT2D eigenvalue weighted by Crippen LogP contribution is 2.29. The molecule has 0 heterocycles. The molecule has 20 heavy (non-hydrogen) atoms. The molecule has 0 aliphatic heterocycles. The van der Waals surface area contributed by atoms with Crippen molar-refractivity contribution in [3.05, 3.63) is 53.6 Å². The molecule has 4 heteroatoms. The van der Waals surface area contributed by atoms with Gasteiger partial charge < -0.3 is 15.4 Å². The van der Waals surface area contributed by atoms with Gasteiger partial charge in [0.25, 0.3) is 0 Å². The highest BCUT2D eigenvalue weighted by atomic mass is 16.5. The maximum absolute atomic E-state index is 7.73. The molecule has 0 aromatic heterocycles. The van der Waals surface area contributed by atoms with Crippen molar-refractivity contribution in [2.24, 2.45) is 5.73 Å². The second kappa shape index (κ2) is 5.65. The first-order valence-corrected chi connectivity index (χ1v) is 6.35. The molecule has 0 spiro atoms. The maximum Gasteiger partial charge on any atom is 0.124 e. The van der Waals surface area contributed by atoms with Crippen LogP contribution in [0, 0.1) is 12.3 Å². The molecule has 0 saturated carbocycles. The lowest BCUT2D eigenvalue weighted by atomic mass is 10.1. The molecule has 2 aromatic rings.